The summed E-state index contributed by atoms with van der Waals surface area (Å²) in [6.45, 7) is 7.96. The van der Waals surface area contributed by atoms with E-state index in [0.29, 0.717) is 35.6 Å². The first-order chi connectivity index (χ1) is 15.1. The molecule has 32 heavy (non-hydrogen) atoms. The van der Waals surface area contributed by atoms with E-state index in [0.717, 1.165) is 16.6 Å². The minimum absolute atomic E-state index is 0.128. The number of aromatic nitrogens is 4. The van der Waals surface area contributed by atoms with E-state index in [-0.39, 0.29) is 5.92 Å². The number of carboxylic acids is 2. The van der Waals surface area contributed by atoms with Crippen molar-refractivity contribution in [3.8, 4) is 0 Å². The number of nitrogens with two attached hydrogens (primary N) is 1. The van der Waals surface area contributed by atoms with Crippen LogP contribution in [0.5, 0.6) is 0 Å². The molecular weight excluding hydrogens is 410 g/mol. The Balaban J connectivity index is 0.000000329. The number of nitrogen functional groups attached to an aromatic ring is 1. The molecule has 3 aromatic rings. The van der Waals surface area contributed by atoms with Crippen molar-refractivity contribution in [1.82, 2.24) is 20.4 Å². The van der Waals surface area contributed by atoms with Gasteiger partial charge in [-0.2, -0.15) is 0 Å². The topological polar surface area (TPSA) is 155 Å². The number of rotatable bonds is 7. The molecule has 2 heterocycles. The second-order valence-corrected chi connectivity index (χ2v) is 8.29. The second kappa shape index (κ2) is 11.0. The number of carbonyl (C=O) groups is 2. The summed E-state index contributed by atoms with van der Waals surface area (Å²) in [6, 6.07) is 7.07. The number of aliphatic carboxylic acids is 2. The van der Waals surface area contributed by atoms with E-state index in [1.807, 2.05) is 33.8 Å². The Bertz CT molecular complexity index is 1070. The lowest BCUT2D eigenvalue weighted by Gasteiger charge is -2.18. The molecule has 0 spiro atoms. The van der Waals surface area contributed by atoms with E-state index in [2.05, 4.69) is 20.4 Å². The number of H-pyrrole nitrogens is 1. The average Bonchev–Trinajstić information content (AvgIpc) is 3.15. The van der Waals surface area contributed by atoms with Gasteiger partial charge in [-0.05, 0) is 64.8 Å². The Kier molecular flexibility index (Phi) is 8.46. The molecule has 0 fully saturated rings. The predicted molar refractivity (Wildman–Crippen MR) is 123 cm³/mol. The summed E-state index contributed by atoms with van der Waals surface area (Å²) >= 11 is 0. The molecule has 0 amide bonds. The molecule has 1 aromatic carbocycles. The molecule has 2 aromatic heterocycles. The molecule has 170 valence electrons. The molecule has 9 heteroatoms. The van der Waals surface area contributed by atoms with Crippen molar-refractivity contribution in [2.45, 2.75) is 40.5 Å². The van der Waals surface area contributed by atoms with Crippen molar-refractivity contribution in [2.75, 3.05) is 5.73 Å². The van der Waals surface area contributed by atoms with Crippen LogP contribution in [0.2, 0.25) is 0 Å². The number of aromatic amines is 1. The first-order valence-corrected chi connectivity index (χ1v) is 10.3. The third-order valence-corrected chi connectivity index (χ3v) is 4.57. The lowest BCUT2D eigenvalue weighted by Crippen LogP contribution is -2.16. The van der Waals surface area contributed by atoms with E-state index in [4.69, 9.17) is 5.73 Å². The number of hydrogen-bond acceptors (Lipinski definition) is 6. The first kappa shape index (κ1) is 24.5. The van der Waals surface area contributed by atoms with Gasteiger partial charge in [0.1, 0.15) is 11.1 Å². The maximum absolute atomic E-state index is 11.5. The van der Waals surface area contributed by atoms with Crippen LogP contribution in [0.3, 0.4) is 0 Å². The van der Waals surface area contributed by atoms with Crippen LogP contribution in [0.4, 0.5) is 5.69 Å². The Hall–Kier alpha value is -3.75. The summed E-state index contributed by atoms with van der Waals surface area (Å²) in [5.74, 6) is -2.36. The van der Waals surface area contributed by atoms with Gasteiger partial charge in [-0.1, -0.05) is 33.8 Å². The SMILES string of the molecule is CC(C)CC(=C(C(=O)O)C(=O)O)c1ccc(N)cc1CC(C)C.c1cc2nnncc2[nH]1. The Morgan fingerprint density at radius 2 is 1.75 bits per heavy atom. The lowest BCUT2D eigenvalue weighted by molar-refractivity contribution is -0.140. The Labute approximate surface area is 186 Å². The van der Waals surface area contributed by atoms with Crippen LogP contribution in [0.1, 0.15) is 45.2 Å². The molecule has 0 aliphatic carbocycles. The largest absolute Gasteiger partial charge is 0.477 e. The van der Waals surface area contributed by atoms with Gasteiger partial charge in [-0.3, -0.25) is 0 Å². The number of fused-ring (bicyclic) bond motifs is 1. The number of nitrogens with zero attached hydrogens (tertiary/aromatic N) is 3. The maximum Gasteiger partial charge on any atom is 0.343 e. The van der Waals surface area contributed by atoms with E-state index in [1.54, 1.807) is 30.6 Å². The van der Waals surface area contributed by atoms with Gasteiger partial charge in [0.25, 0.3) is 0 Å². The predicted octanol–water partition coefficient (Wildman–Crippen LogP) is 3.79. The highest BCUT2D eigenvalue weighted by atomic mass is 16.4. The fourth-order valence-corrected chi connectivity index (χ4v) is 3.34. The highest BCUT2D eigenvalue weighted by Crippen LogP contribution is 2.31. The third kappa shape index (κ3) is 6.63. The van der Waals surface area contributed by atoms with Gasteiger partial charge in [0.2, 0.25) is 0 Å². The van der Waals surface area contributed by atoms with Gasteiger partial charge in [0.05, 0.1) is 11.7 Å². The quantitative estimate of drug-likeness (QED) is 0.187. The molecule has 9 nitrogen and oxygen atoms in total. The molecule has 0 unspecified atom stereocenters. The fraction of sp³-hybridized carbons (Fsp3) is 0.348. The average molecular weight is 440 g/mol. The fourth-order valence-electron chi connectivity index (χ4n) is 3.34. The third-order valence-electron chi connectivity index (χ3n) is 4.57. The molecule has 0 aliphatic heterocycles. The van der Waals surface area contributed by atoms with Gasteiger partial charge < -0.3 is 20.9 Å². The minimum atomic E-state index is -1.42. The second-order valence-electron chi connectivity index (χ2n) is 8.29. The van der Waals surface area contributed by atoms with Gasteiger partial charge in [0.15, 0.2) is 0 Å². The number of nitrogens with one attached hydrogen (secondary N) is 1. The molecule has 0 atom stereocenters. The summed E-state index contributed by atoms with van der Waals surface area (Å²) in [7, 11) is 0. The van der Waals surface area contributed by atoms with E-state index in [1.165, 1.54) is 0 Å². The highest BCUT2D eigenvalue weighted by molar-refractivity contribution is 6.18. The summed E-state index contributed by atoms with van der Waals surface area (Å²) in [6.07, 6.45) is 4.53. The molecule has 5 N–H and O–H groups in total. The normalized spacial score (nSPS) is 10.7. The number of allylic oxidation sites excluding steroid dienone is 1. The molecule has 0 saturated heterocycles. The minimum Gasteiger partial charge on any atom is -0.477 e. The van der Waals surface area contributed by atoms with Crippen LogP contribution in [0.15, 0.2) is 42.2 Å². The number of hydrogen-bond donors (Lipinski definition) is 4. The van der Waals surface area contributed by atoms with Crippen molar-refractivity contribution < 1.29 is 19.8 Å². The molecule has 3 rings (SSSR count). The highest BCUT2D eigenvalue weighted by Gasteiger charge is 2.25. The number of carboxylic acid groups (broad SMARTS) is 2. The molecular formula is C23H29N5O4. The smallest absolute Gasteiger partial charge is 0.343 e. The van der Waals surface area contributed by atoms with Crippen molar-refractivity contribution in [3.05, 3.63) is 53.4 Å². The molecule has 0 bridgehead atoms. The zero-order chi connectivity index (χ0) is 23.8. The summed E-state index contributed by atoms with van der Waals surface area (Å²) in [5, 5.41) is 29.5. The van der Waals surface area contributed by atoms with Crippen molar-refractivity contribution in [3.63, 3.8) is 0 Å². The standard InChI is InChI=1S/C18H25NO4.C5H4N4/c1-10(2)7-12-9-13(19)5-6-14(12)15(8-11(3)4)16(17(20)21)18(22)23;1-2-6-5-3-7-9-8-4(1)5/h5-6,9-11H,7-8,19H2,1-4H3,(H,20,21)(H,22,23);1-3,6H. The van der Waals surface area contributed by atoms with Gasteiger partial charge >= 0.3 is 11.9 Å². The van der Waals surface area contributed by atoms with E-state index < -0.39 is 17.5 Å². The zero-order valence-electron chi connectivity index (χ0n) is 18.7. The molecule has 0 aliphatic rings. The summed E-state index contributed by atoms with van der Waals surface area (Å²) < 4.78 is 0. The van der Waals surface area contributed by atoms with Crippen LogP contribution < -0.4 is 5.73 Å². The maximum atomic E-state index is 11.5. The van der Waals surface area contributed by atoms with Gasteiger partial charge in [-0.15, -0.1) is 10.2 Å². The van der Waals surface area contributed by atoms with Crippen LogP contribution in [0, 0.1) is 11.8 Å². The van der Waals surface area contributed by atoms with E-state index >= 15 is 0 Å². The Morgan fingerprint density at radius 3 is 2.31 bits per heavy atom. The lowest BCUT2D eigenvalue weighted by atomic mass is 9.86. The number of anilines is 1. The van der Waals surface area contributed by atoms with Crippen LogP contribution >= 0.6 is 0 Å². The monoisotopic (exact) mass is 439 g/mol. The van der Waals surface area contributed by atoms with Crippen molar-refractivity contribution >= 4 is 34.2 Å². The van der Waals surface area contributed by atoms with Crippen molar-refractivity contribution in [1.29, 1.82) is 0 Å². The first-order valence-electron chi connectivity index (χ1n) is 10.3. The zero-order valence-corrected chi connectivity index (χ0v) is 18.7. The summed E-state index contributed by atoms with van der Waals surface area (Å²) in [5.41, 5.74) is 9.56. The Morgan fingerprint density at radius 1 is 1.06 bits per heavy atom. The molecule has 0 radical (unpaired) electrons. The van der Waals surface area contributed by atoms with Gasteiger partial charge in [-0.25, -0.2) is 9.59 Å². The number of benzene rings is 1. The molecule has 0 saturated carbocycles. The van der Waals surface area contributed by atoms with Crippen molar-refractivity contribution in [2.24, 2.45) is 11.8 Å². The summed E-state index contributed by atoms with van der Waals surface area (Å²) in [4.78, 5) is 25.9. The van der Waals surface area contributed by atoms with E-state index in [9.17, 15) is 19.8 Å². The van der Waals surface area contributed by atoms with Gasteiger partial charge in [0, 0.05) is 11.9 Å². The van der Waals surface area contributed by atoms with Crippen LogP contribution in [-0.4, -0.2) is 42.5 Å². The van der Waals surface area contributed by atoms with Crippen LogP contribution in [-0.2, 0) is 16.0 Å². The van der Waals surface area contributed by atoms with Crippen LogP contribution in [0.25, 0.3) is 16.6 Å².